The van der Waals surface area contributed by atoms with Crippen LogP contribution >= 0.6 is 0 Å². The highest BCUT2D eigenvalue weighted by atomic mass is 19.3. The first-order valence-electron chi connectivity index (χ1n) is 14.1. The molecule has 0 aromatic carbocycles. The van der Waals surface area contributed by atoms with Gasteiger partial charge in [-0.25, -0.2) is 31.7 Å². The van der Waals surface area contributed by atoms with Crippen LogP contribution in [0.3, 0.4) is 0 Å². The van der Waals surface area contributed by atoms with Gasteiger partial charge in [-0.2, -0.15) is 5.10 Å². The van der Waals surface area contributed by atoms with E-state index in [0.29, 0.717) is 22.6 Å². The van der Waals surface area contributed by atoms with Gasteiger partial charge >= 0.3 is 0 Å². The summed E-state index contributed by atoms with van der Waals surface area (Å²) < 4.78 is 65.5. The minimum absolute atomic E-state index is 0.00308. The van der Waals surface area contributed by atoms with E-state index < -0.39 is 35.8 Å². The lowest BCUT2D eigenvalue weighted by atomic mass is 9.81. The van der Waals surface area contributed by atoms with Crippen LogP contribution < -0.4 is 10.6 Å². The van der Waals surface area contributed by atoms with Crippen molar-refractivity contribution in [1.29, 1.82) is 0 Å². The number of hydrogen-bond donors (Lipinski definition) is 2. The molecule has 0 radical (unpaired) electrons. The number of nitrogens with one attached hydrogen (secondary N) is 2. The van der Waals surface area contributed by atoms with Gasteiger partial charge in [0.25, 0.3) is 11.8 Å². The number of fused-ring (bicyclic) bond motifs is 1. The summed E-state index contributed by atoms with van der Waals surface area (Å²) in [5.41, 5.74) is 1.92. The van der Waals surface area contributed by atoms with E-state index in [0.717, 1.165) is 12.8 Å². The zero-order chi connectivity index (χ0) is 29.6. The van der Waals surface area contributed by atoms with Gasteiger partial charge in [0.05, 0.1) is 36.3 Å². The third-order valence-corrected chi connectivity index (χ3v) is 8.34. The molecule has 0 bridgehead atoms. The molecule has 3 aliphatic rings. The van der Waals surface area contributed by atoms with E-state index in [-0.39, 0.29) is 68.7 Å². The van der Waals surface area contributed by atoms with Crippen LogP contribution in [0.1, 0.15) is 90.9 Å². The topological polar surface area (TPSA) is 137 Å². The first kappa shape index (κ1) is 28.5. The molecule has 226 valence electrons. The van der Waals surface area contributed by atoms with Gasteiger partial charge in [-0.15, -0.1) is 0 Å². The molecule has 11 nitrogen and oxygen atoms in total. The smallest absolute Gasteiger partial charge is 0.276 e. The van der Waals surface area contributed by atoms with Crippen molar-refractivity contribution in [3.63, 3.8) is 0 Å². The van der Waals surface area contributed by atoms with Crippen LogP contribution in [0.15, 0.2) is 23.1 Å². The monoisotopic (exact) mass is 593 g/mol. The number of nitrogens with zero attached hydrogens (tertiary/aromatic N) is 5. The Morgan fingerprint density at radius 2 is 1.76 bits per heavy atom. The SMILES string of the molecule is Cc1nonc1C(=O)N[C@H](c1cn2ncc(C(NC(=O)COC3CC(F)(F)C3)C3CC3)cc2n1)C1CCC(F)(F)CC1. The van der Waals surface area contributed by atoms with Crippen LogP contribution in [0.25, 0.3) is 5.65 Å². The van der Waals surface area contributed by atoms with E-state index in [1.165, 1.54) is 4.52 Å². The lowest BCUT2D eigenvalue weighted by molar-refractivity contribution is -0.170. The van der Waals surface area contributed by atoms with Gasteiger partial charge in [0.1, 0.15) is 12.3 Å². The largest absolute Gasteiger partial charge is 0.368 e. The van der Waals surface area contributed by atoms with Crippen molar-refractivity contribution in [2.24, 2.45) is 11.8 Å². The van der Waals surface area contributed by atoms with Crippen molar-refractivity contribution >= 4 is 17.5 Å². The van der Waals surface area contributed by atoms with Crippen molar-refractivity contribution in [2.75, 3.05) is 6.61 Å². The van der Waals surface area contributed by atoms with Gasteiger partial charge < -0.3 is 15.4 Å². The predicted octanol–water partition coefficient (Wildman–Crippen LogP) is 4.10. The van der Waals surface area contributed by atoms with Crippen molar-refractivity contribution in [1.82, 2.24) is 35.5 Å². The van der Waals surface area contributed by atoms with Crippen LogP contribution in [0.5, 0.6) is 0 Å². The Hall–Kier alpha value is -3.62. The Labute approximate surface area is 237 Å². The van der Waals surface area contributed by atoms with Gasteiger partial charge in [0, 0.05) is 25.7 Å². The summed E-state index contributed by atoms with van der Waals surface area (Å²) in [6.07, 6.45) is 3.49. The molecular weight excluding hydrogens is 562 g/mol. The summed E-state index contributed by atoms with van der Waals surface area (Å²) in [5.74, 6) is -6.53. The molecule has 0 aliphatic heterocycles. The van der Waals surface area contributed by atoms with Gasteiger partial charge in [0.2, 0.25) is 11.8 Å². The second-order valence-electron chi connectivity index (χ2n) is 11.7. The fourth-order valence-corrected chi connectivity index (χ4v) is 5.74. The van der Waals surface area contributed by atoms with Crippen LogP contribution in [0, 0.1) is 18.8 Å². The molecule has 42 heavy (non-hydrogen) atoms. The lowest BCUT2D eigenvalue weighted by Crippen LogP contribution is -2.43. The van der Waals surface area contributed by atoms with Crippen molar-refractivity contribution in [3.05, 3.63) is 41.1 Å². The Morgan fingerprint density at radius 1 is 1.05 bits per heavy atom. The second kappa shape index (κ2) is 10.9. The van der Waals surface area contributed by atoms with Crippen molar-refractivity contribution in [2.45, 2.75) is 88.3 Å². The van der Waals surface area contributed by atoms with Crippen LogP contribution in [0.2, 0.25) is 0 Å². The highest BCUT2D eigenvalue weighted by Gasteiger charge is 2.46. The summed E-state index contributed by atoms with van der Waals surface area (Å²) in [5, 5.41) is 17.6. The number of carbonyl (C=O) groups is 2. The van der Waals surface area contributed by atoms with E-state index in [4.69, 9.17) is 9.72 Å². The van der Waals surface area contributed by atoms with Crippen LogP contribution in [0.4, 0.5) is 17.6 Å². The van der Waals surface area contributed by atoms with Crippen LogP contribution in [-0.4, -0.2) is 61.3 Å². The highest BCUT2D eigenvalue weighted by molar-refractivity contribution is 5.93. The molecule has 6 rings (SSSR count). The van der Waals surface area contributed by atoms with E-state index in [1.54, 1.807) is 25.4 Å². The molecule has 1 unspecified atom stereocenters. The standard InChI is InChI=1S/C27H31F4N7O4/c1-14-22(37-42-36-14)25(40)35-24(16-4-6-26(28,29)7-5-16)19-12-38-20(33-19)8-17(11-32-38)23(15-2-3-15)34-21(39)13-41-18-9-27(30,31)10-18/h8,11-12,15-16,18,23-24H,2-7,9-10,13H2,1H3,(H,34,39)(H,35,40)/t23?,24-/m0/s1. The number of ether oxygens (including phenoxy) is 1. The number of amides is 2. The summed E-state index contributed by atoms with van der Waals surface area (Å²) in [6, 6.07) is 0.734. The molecule has 0 spiro atoms. The zero-order valence-corrected chi connectivity index (χ0v) is 22.9. The van der Waals surface area contributed by atoms with Gasteiger partial charge in [-0.1, -0.05) is 5.16 Å². The molecule has 0 saturated heterocycles. The van der Waals surface area contributed by atoms with E-state index in [9.17, 15) is 27.2 Å². The summed E-state index contributed by atoms with van der Waals surface area (Å²) >= 11 is 0. The second-order valence-corrected chi connectivity index (χ2v) is 11.7. The quantitative estimate of drug-likeness (QED) is 0.336. The lowest BCUT2D eigenvalue weighted by Gasteiger charge is -2.34. The number of carbonyl (C=O) groups excluding carboxylic acids is 2. The molecule has 2 amide bonds. The normalized spacial score (nSPS) is 21.9. The number of halogens is 4. The molecular formula is C27H31F4N7O4. The number of hydrogen-bond acceptors (Lipinski definition) is 8. The van der Waals surface area contributed by atoms with Gasteiger partial charge in [0.15, 0.2) is 11.3 Å². The van der Waals surface area contributed by atoms with Crippen molar-refractivity contribution in [3.8, 4) is 0 Å². The van der Waals surface area contributed by atoms with Crippen molar-refractivity contribution < 1.29 is 36.5 Å². The number of aromatic nitrogens is 5. The van der Waals surface area contributed by atoms with E-state index >= 15 is 0 Å². The number of rotatable bonds is 10. The molecule has 3 heterocycles. The fraction of sp³-hybridized carbons (Fsp3) is 0.630. The molecule has 15 heteroatoms. The van der Waals surface area contributed by atoms with Crippen LogP contribution in [-0.2, 0) is 9.53 Å². The molecule has 2 N–H and O–H groups in total. The molecule has 3 aliphatic carbocycles. The van der Waals surface area contributed by atoms with Gasteiger partial charge in [-0.05, 0) is 61.2 Å². The first-order chi connectivity index (χ1) is 20.0. The minimum Gasteiger partial charge on any atom is -0.368 e. The third kappa shape index (κ3) is 6.25. The Bertz CT molecular complexity index is 1460. The average molecular weight is 594 g/mol. The molecule has 3 saturated carbocycles. The number of aryl methyl sites for hydroxylation is 1. The highest BCUT2D eigenvalue weighted by Crippen LogP contribution is 2.43. The molecule has 3 aromatic heterocycles. The summed E-state index contributed by atoms with van der Waals surface area (Å²) in [7, 11) is 0. The molecule has 3 fully saturated rings. The number of imidazole rings is 1. The predicted molar refractivity (Wildman–Crippen MR) is 137 cm³/mol. The summed E-state index contributed by atoms with van der Waals surface area (Å²) in [6.45, 7) is 1.26. The van der Waals surface area contributed by atoms with E-state index in [2.05, 4.69) is 30.7 Å². The maximum atomic E-state index is 14.0. The molecule has 3 aromatic rings. The Balaban J connectivity index is 1.20. The average Bonchev–Trinajstić information content (AvgIpc) is 3.53. The first-order valence-corrected chi connectivity index (χ1v) is 14.1. The Morgan fingerprint density at radius 3 is 2.40 bits per heavy atom. The van der Waals surface area contributed by atoms with E-state index in [1.807, 2.05) is 0 Å². The Kier molecular flexibility index (Phi) is 7.39. The fourth-order valence-electron chi connectivity index (χ4n) is 5.74. The number of alkyl halides is 4. The maximum absolute atomic E-state index is 14.0. The van der Waals surface area contributed by atoms with Gasteiger partial charge in [-0.3, -0.25) is 9.59 Å². The maximum Gasteiger partial charge on any atom is 0.276 e. The molecule has 2 atom stereocenters. The summed E-state index contributed by atoms with van der Waals surface area (Å²) in [4.78, 5) is 30.3. The zero-order valence-electron chi connectivity index (χ0n) is 22.9. The third-order valence-electron chi connectivity index (χ3n) is 8.34. The minimum atomic E-state index is -2.75.